The van der Waals surface area contributed by atoms with Crippen LogP contribution in [0.5, 0.6) is 0 Å². The van der Waals surface area contributed by atoms with Gasteiger partial charge in [-0.1, -0.05) is 54.4 Å². The molecule has 2 aromatic heterocycles. The molecule has 0 amide bonds. The number of unbranched alkanes of at least 4 members (excludes halogenated alkanes) is 3. The number of rotatable bonds is 10. The summed E-state index contributed by atoms with van der Waals surface area (Å²) in [5.41, 5.74) is 2.91. The van der Waals surface area contributed by atoms with Gasteiger partial charge in [0.05, 0.1) is 0 Å². The molecule has 0 bridgehead atoms. The Hall–Kier alpha value is -2.11. The SMILES string of the molecule is O=c1[nH]c(SCCCCCCc2cccc(Cl)c2)ncc1Cc1cccnc1. The van der Waals surface area contributed by atoms with Crippen LogP contribution in [0.3, 0.4) is 0 Å². The summed E-state index contributed by atoms with van der Waals surface area (Å²) in [6.45, 7) is 0. The molecule has 6 heteroatoms. The maximum Gasteiger partial charge on any atom is 0.255 e. The molecule has 0 saturated carbocycles. The number of thioether (sulfide) groups is 1. The molecular formula is C22H24ClN3OS. The highest BCUT2D eigenvalue weighted by molar-refractivity contribution is 7.99. The average Bonchev–Trinajstić information content (AvgIpc) is 2.70. The van der Waals surface area contributed by atoms with Crippen molar-refractivity contribution in [2.24, 2.45) is 0 Å². The van der Waals surface area contributed by atoms with Gasteiger partial charge in [-0.25, -0.2) is 4.98 Å². The second-order valence-electron chi connectivity index (χ2n) is 6.72. The molecule has 3 aromatic rings. The fourth-order valence-electron chi connectivity index (χ4n) is 2.97. The van der Waals surface area contributed by atoms with Gasteiger partial charge in [-0.3, -0.25) is 9.78 Å². The number of halogens is 1. The van der Waals surface area contributed by atoms with Crippen molar-refractivity contribution in [3.05, 3.63) is 87.1 Å². The van der Waals surface area contributed by atoms with Crippen molar-refractivity contribution in [3.8, 4) is 0 Å². The number of benzene rings is 1. The van der Waals surface area contributed by atoms with Gasteiger partial charge in [-0.2, -0.15) is 0 Å². The summed E-state index contributed by atoms with van der Waals surface area (Å²) >= 11 is 7.62. The van der Waals surface area contributed by atoms with E-state index in [0.29, 0.717) is 17.1 Å². The minimum absolute atomic E-state index is 0.0668. The summed E-state index contributed by atoms with van der Waals surface area (Å²) in [6.07, 6.45) is 11.5. The molecule has 0 aliphatic carbocycles. The van der Waals surface area contributed by atoms with Crippen molar-refractivity contribution in [2.45, 2.75) is 43.7 Å². The van der Waals surface area contributed by atoms with Gasteiger partial charge in [0.1, 0.15) is 0 Å². The van der Waals surface area contributed by atoms with E-state index < -0.39 is 0 Å². The van der Waals surface area contributed by atoms with Crippen LogP contribution in [0.15, 0.2) is 64.9 Å². The first-order valence-corrected chi connectivity index (χ1v) is 10.9. The molecule has 1 aromatic carbocycles. The normalized spacial score (nSPS) is 10.9. The third-order valence-electron chi connectivity index (χ3n) is 4.45. The summed E-state index contributed by atoms with van der Waals surface area (Å²) in [5.74, 6) is 0.960. The molecule has 0 atom stereocenters. The first-order chi connectivity index (χ1) is 13.7. The fourth-order valence-corrected chi connectivity index (χ4v) is 4.02. The fraction of sp³-hybridized carbons (Fsp3) is 0.318. The molecule has 0 aliphatic heterocycles. The number of nitrogens with zero attached hydrogens (tertiary/aromatic N) is 2. The number of aryl methyl sites for hydroxylation is 1. The number of aromatic amines is 1. The second-order valence-corrected chi connectivity index (χ2v) is 8.24. The van der Waals surface area contributed by atoms with Crippen molar-refractivity contribution in [1.29, 1.82) is 0 Å². The minimum atomic E-state index is -0.0668. The Bertz CT molecular complexity index is 930. The first kappa shape index (κ1) is 20.6. The van der Waals surface area contributed by atoms with Gasteiger partial charge < -0.3 is 4.98 Å². The smallest absolute Gasteiger partial charge is 0.255 e. The Morgan fingerprint density at radius 3 is 2.64 bits per heavy atom. The van der Waals surface area contributed by atoms with E-state index in [-0.39, 0.29) is 5.56 Å². The van der Waals surface area contributed by atoms with Crippen molar-refractivity contribution < 1.29 is 0 Å². The number of aromatic nitrogens is 3. The van der Waals surface area contributed by atoms with E-state index in [1.165, 1.54) is 24.8 Å². The lowest BCUT2D eigenvalue weighted by Gasteiger charge is -2.04. The molecule has 3 rings (SSSR count). The molecule has 0 fully saturated rings. The van der Waals surface area contributed by atoms with Crippen LogP contribution in [0.25, 0.3) is 0 Å². The second kappa shape index (κ2) is 11.0. The Labute approximate surface area is 174 Å². The van der Waals surface area contributed by atoms with Gasteiger partial charge >= 0.3 is 0 Å². The monoisotopic (exact) mass is 413 g/mol. The highest BCUT2D eigenvalue weighted by Gasteiger charge is 2.05. The zero-order valence-electron chi connectivity index (χ0n) is 15.7. The van der Waals surface area contributed by atoms with Gasteiger partial charge in [0.2, 0.25) is 0 Å². The van der Waals surface area contributed by atoms with Crippen molar-refractivity contribution >= 4 is 23.4 Å². The molecule has 0 saturated heterocycles. The van der Waals surface area contributed by atoms with Crippen LogP contribution in [0, 0.1) is 0 Å². The molecule has 0 radical (unpaired) electrons. The average molecular weight is 414 g/mol. The van der Waals surface area contributed by atoms with Gasteiger partial charge in [-0.15, -0.1) is 0 Å². The molecule has 0 unspecified atom stereocenters. The van der Waals surface area contributed by atoms with Crippen molar-refractivity contribution in [1.82, 2.24) is 15.0 Å². The van der Waals surface area contributed by atoms with Gasteiger partial charge in [0.15, 0.2) is 5.16 Å². The maximum absolute atomic E-state index is 12.2. The van der Waals surface area contributed by atoms with Crippen molar-refractivity contribution in [2.75, 3.05) is 5.75 Å². The quantitative estimate of drug-likeness (QED) is 0.278. The highest BCUT2D eigenvalue weighted by atomic mass is 35.5. The lowest BCUT2D eigenvalue weighted by Crippen LogP contribution is -2.14. The molecule has 146 valence electrons. The summed E-state index contributed by atoms with van der Waals surface area (Å²) in [4.78, 5) is 23.6. The highest BCUT2D eigenvalue weighted by Crippen LogP contribution is 2.17. The number of pyridine rings is 1. The van der Waals surface area contributed by atoms with Crippen LogP contribution in [0.1, 0.15) is 42.4 Å². The van der Waals surface area contributed by atoms with Crippen LogP contribution in [0.2, 0.25) is 5.02 Å². The van der Waals surface area contributed by atoms with E-state index in [9.17, 15) is 4.79 Å². The predicted molar refractivity (Wildman–Crippen MR) is 116 cm³/mol. The molecule has 1 N–H and O–H groups in total. The van der Waals surface area contributed by atoms with E-state index in [1.807, 2.05) is 30.3 Å². The molecular weight excluding hydrogens is 390 g/mol. The molecule has 28 heavy (non-hydrogen) atoms. The topological polar surface area (TPSA) is 58.6 Å². The standard InChI is InChI=1S/C22H24ClN3OS/c23-20-10-5-8-17(14-20)7-3-1-2-4-12-28-22-25-16-19(21(27)26-22)13-18-9-6-11-24-15-18/h5-6,8-11,14-16H,1-4,7,12-13H2,(H,25,26,27). The summed E-state index contributed by atoms with van der Waals surface area (Å²) < 4.78 is 0. The van der Waals surface area contributed by atoms with Crippen molar-refractivity contribution in [3.63, 3.8) is 0 Å². The lowest BCUT2D eigenvalue weighted by atomic mass is 10.1. The third kappa shape index (κ3) is 6.80. The molecule has 4 nitrogen and oxygen atoms in total. The third-order valence-corrected chi connectivity index (χ3v) is 5.66. The van der Waals surface area contributed by atoms with Gasteiger partial charge in [0, 0.05) is 41.4 Å². The van der Waals surface area contributed by atoms with Crippen LogP contribution in [-0.2, 0) is 12.8 Å². The van der Waals surface area contributed by atoms with Gasteiger partial charge in [-0.05, 0) is 48.6 Å². The summed E-state index contributed by atoms with van der Waals surface area (Å²) in [6, 6.07) is 11.9. The van der Waals surface area contributed by atoms with Crippen LogP contribution in [0.4, 0.5) is 0 Å². The summed E-state index contributed by atoms with van der Waals surface area (Å²) in [5, 5.41) is 1.50. The van der Waals surface area contributed by atoms with E-state index >= 15 is 0 Å². The molecule has 0 spiro atoms. The lowest BCUT2D eigenvalue weighted by molar-refractivity contribution is 0.670. The number of nitrogens with one attached hydrogen (secondary N) is 1. The van der Waals surface area contributed by atoms with Crippen LogP contribution in [-0.4, -0.2) is 20.7 Å². The maximum atomic E-state index is 12.2. The largest absolute Gasteiger partial charge is 0.301 e. The molecule has 2 heterocycles. The minimum Gasteiger partial charge on any atom is -0.301 e. The zero-order valence-corrected chi connectivity index (χ0v) is 17.3. The van der Waals surface area contributed by atoms with E-state index in [4.69, 9.17) is 11.6 Å². The predicted octanol–water partition coefficient (Wildman–Crippen LogP) is 5.30. The number of hydrogen-bond donors (Lipinski definition) is 1. The Morgan fingerprint density at radius 1 is 1.00 bits per heavy atom. The van der Waals surface area contributed by atoms with Crippen LogP contribution < -0.4 is 5.56 Å². The summed E-state index contributed by atoms with van der Waals surface area (Å²) in [7, 11) is 0. The van der Waals surface area contributed by atoms with Gasteiger partial charge in [0.25, 0.3) is 5.56 Å². The Morgan fingerprint density at radius 2 is 1.86 bits per heavy atom. The molecule has 0 aliphatic rings. The van der Waals surface area contributed by atoms with Crippen LogP contribution >= 0.6 is 23.4 Å². The Balaban J connectivity index is 1.35. The van der Waals surface area contributed by atoms with E-state index in [2.05, 4.69) is 21.0 Å². The first-order valence-electron chi connectivity index (χ1n) is 9.55. The Kier molecular flexibility index (Phi) is 8.12. The van der Waals surface area contributed by atoms with E-state index in [1.54, 1.807) is 30.4 Å². The number of hydrogen-bond acceptors (Lipinski definition) is 4. The van der Waals surface area contributed by atoms with E-state index in [0.717, 1.165) is 29.2 Å². The number of H-pyrrole nitrogens is 1. The zero-order chi connectivity index (χ0) is 19.6.